The molecule has 0 aliphatic carbocycles. The molecule has 0 aliphatic heterocycles. The molecule has 0 bridgehead atoms. The molecule has 1 N–H and O–H groups in total. The van der Waals surface area contributed by atoms with Gasteiger partial charge >= 0.3 is 0 Å². The summed E-state index contributed by atoms with van der Waals surface area (Å²) in [4.78, 5) is 0. The Morgan fingerprint density at radius 2 is 2.24 bits per heavy atom. The molecule has 2 rings (SSSR count). The number of hydrogen-bond acceptors (Lipinski definition) is 6. The zero-order valence-corrected chi connectivity index (χ0v) is 13.9. The summed E-state index contributed by atoms with van der Waals surface area (Å²) in [6.45, 7) is 5.55. The fourth-order valence-corrected chi connectivity index (χ4v) is 4.54. The highest BCUT2D eigenvalue weighted by Gasteiger charge is 2.15. The summed E-state index contributed by atoms with van der Waals surface area (Å²) in [7, 11) is -3.48. The second-order valence-electron chi connectivity index (χ2n) is 4.32. The van der Waals surface area contributed by atoms with Gasteiger partial charge in [-0.1, -0.05) is 59.0 Å². The summed E-state index contributed by atoms with van der Waals surface area (Å²) in [5.74, 6) is 0.633. The van der Waals surface area contributed by atoms with E-state index in [1.165, 1.54) is 23.1 Å². The summed E-state index contributed by atoms with van der Waals surface area (Å²) in [5.41, 5.74) is 1.77. The van der Waals surface area contributed by atoms with Gasteiger partial charge < -0.3 is 0 Å². The molecule has 0 atom stereocenters. The summed E-state index contributed by atoms with van der Waals surface area (Å²) in [5, 5.41) is 8.04. The van der Waals surface area contributed by atoms with Crippen LogP contribution in [0.2, 0.25) is 0 Å². The van der Waals surface area contributed by atoms with E-state index < -0.39 is 10.0 Å². The van der Waals surface area contributed by atoms with E-state index >= 15 is 0 Å². The predicted molar refractivity (Wildman–Crippen MR) is 88.3 cm³/mol. The first-order chi connectivity index (χ1) is 9.98. The lowest BCUT2D eigenvalue weighted by Gasteiger charge is -2.05. The Hall–Kier alpha value is -1.38. The van der Waals surface area contributed by atoms with Gasteiger partial charge in [0.25, 0.3) is 0 Å². The van der Waals surface area contributed by atoms with Gasteiger partial charge in [-0.25, -0.2) is 8.42 Å². The summed E-state index contributed by atoms with van der Waals surface area (Å²) in [6.07, 6.45) is 1.76. The molecule has 0 radical (unpaired) electrons. The highest BCUT2D eigenvalue weighted by atomic mass is 32.2. The van der Waals surface area contributed by atoms with Crippen molar-refractivity contribution >= 4 is 38.3 Å². The lowest BCUT2D eigenvalue weighted by atomic mass is 10.2. The smallest absolute Gasteiger partial charge is 0.238 e. The first-order valence-corrected chi connectivity index (χ1v) is 9.57. The van der Waals surface area contributed by atoms with E-state index in [0.717, 1.165) is 11.1 Å². The maximum atomic E-state index is 12.1. The molecule has 0 spiro atoms. The van der Waals surface area contributed by atoms with E-state index in [0.29, 0.717) is 10.1 Å². The molecule has 0 fully saturated rings. The molecule has 0 aliphatic rings. The first-order valence-electron chi connectivity index (χ1n) is 6.12. The Bertz CT molecular complexity index is 726. The van der Waals surface area contributed by atoms with E-state index in [4.69, 9.17) is 0 Å². The topological polar surface area (TPSA) is 72.0 Å². The van der Waals surface area contributed by atoms with E-state index in [2.05, 4.69) is 21.5 Å². The number of rotatable bonds is 7. The molecule has 1 heterocycles. The highest BCUT2D eigenvalue weighted by Crippen LogP contribution is 2.26. The maximum Gasteiger partial charge on any atom is 0.238 e. The molecule has 2 aromatic rings. The lowest BCUT2D eigenvalue weighted by molar-refractivity contribution is 0.600. The number of aromatic nitrogens is 2. The van der Waals surface area contributed by atoms with Gasteiger partial charge in [0.2, 0.25) is 15.2 Å². The van der Waals surface area contributed by atoms with E-state index in [-0.39, 0.29) is 10.9 Å². The van der Waals surface area contributed by atoms with Crippen LogP contribution in [-0.4, -0.2) is 24.4 Å². The second kappa shape index (κ2) is 7.06. The molecular formula is C13H15N3O2S3. The van der Waals surface area contributed by atoms with Crippen molar-refractivity contribution in [3.63, 3.8) is 0 Å². The van der Waals surface area contributed by atoms with Crippen molar-refractivity contribution in [3.05, 3.63) is 48.0 Å². The first kappa shape index (κ1) is 16.0. The monoisotopic (exact) mass is 341 g/mol. The van der Waals surface area contributed by atoms with Gasteiger partial charge in [-0.15, -0.1) is 16.8 Å². The Morgan fingerprint density at radius 3 is 2.95 bits per heavy atom. The molecule has 21 heavy (non-hydrogen) atoms. The molecule has 1 aromatic carbocycles. The maximum absolute atomic E-state index is 12.1. The number of aryl methyl sites for hydroxylation is 1. The van der Waals surface area contributed by atoms with Crippen molar-refractivity contribution < 1.29 is 8.42 Å². The van der Waals surface area contributed by atoms with Crippen LogP contribution in [0.15, 0.2) is 41.3 Å². The van der Waals surface area contributed by atoms with Crippen LogP contribution < -0.4 is 4.72 Å². The largest absolute Gasteiger partial charge is 0.257 e. The van der Waals surface area contributed by atoms with Crippen molar-refractivity contribution in [3.8, 4) is 0 Å². The predicted octanol–water partition coefficient (Wildman–Crippen LogP) is 3.07. The highest BCUT2D eigenvalue weighted by molar-refractivity contribution is 8.01. The standard InChI is InChI=1S/C13H15N3O2S3/c1-3-7-19-13-15-14-12(20-13)16-21(17,18)9-11-6-4-5-10(2)8-11/h3-6,8H,1,7,9H2,2H3,(H,14,16). The summed E-state index contributed by atoms with van der Waals surface area (Å²) < 4.78 is 27.4. The number of hydrogen-bond donors (Lipinski definition) is 1. The summed E-state index contributed by atoms with van der Waals surface area (Å²) in [6, 6.07) is 7.41. The summed E-state index contributed by atoms with van der Waals surface area (Å²) >= 11 is 2.68. The minimum absolute atomic E-state index is 0.0800. The van der Waals surface area contributed by atoms with Crippen molar-refractivity contribution in [2.45, 2.75) is 17.0 Å². The fraction of sp³-hybridized carbons (Fsp3) is 0.231. The van der Waals surface area contributed by atoms with Crippen molar-refractivity contribution in [2.24, 2.45) is 0 Å². The SMILES string of the molecule is C=CCSc1nnc(NS(=O)(=O)Cc2cccc(C)c2)s1. The van der Waals surface area contributed by atoms with Crippen LogP contribution in [0.3, 0.4) is 0 Å². The molecule has 112 valence electrons. The van der Waals surface area contributed by atoms with Crippen LogP contribution in [0.1, 0.15) is 11.1 Å². The molecule has 1 aromatic heterocycles. The molecule has 0 saturated heterocycles. The average Bonchev–Trinajstić information content (AvgIpc) is 2.82. The Balaban J connectivity index is 2.03. The normalized spacial score (nSPS) is 11.3. The van der Waals surface area contributed by atoms with Gasteiger partial charge in [-0.2, -0.15) is 0 Å². The third kappa shape index (κ3) is 5.14. The van der Waals surface area contributed by atoms with Gasteiger partial charge in [0, 0.05) is 5.75 Å². The molecular weight excluding hydrogens is 326 g/mol. The lowest BCUT2D eigenvalue weighted by Crippen LogP contribution is -2.15. The number of benzene rings is 1. The molecule has 5 nitrogen and oxygen atoms in total. The van der Waals surface area contributed by atoms with Crippen molar-refractivity contribution in [2.75, 3.05) is 10.5 Å². The minimum atomic E-state index is -3.48. The third-order valence-electron chi connectivity index (χ3n) is 2.41. The number of nitrogens with one attached hydrogen (secondary N) is 1. The zero-order chi connectivity index (χ0) is 15.3. The number of sulfonamides is 1. The molecule has 0 unspecified atom stereocenters. The Labute approximate surface area is 132 Å². The third-order valence-corrected chi connectivity index (χ3v) is 5.73. The van der Waals surface area contributed by atoms with Gasteiger partial charge in [0.05, 0.1) is 5.75 Å². The van der Waals surface area contributed by atoms with Crippen LogP contribution in [0.4, 0.5) is 5.13 Å². The van der Waals surface area contributed by atoms with Gasteiger partial charge in [0.15, 0.2) is 4.34 Å². The van der Waals surface area contributed by atoms with E-state index in [1.54, 1.807) is 12.1 Å². The number of nitrogens with zero attached hydrogens (tertiary/aromatic N) is 2. The Morgan fingerprint density at radius 1 is 1.43 bits per heavy atom. The minimum Gasteiger partial charge on any atom is -0.257 e. The molecule has 0 amide bonds. The van der Waals surface area contributed by atoms with Crippen LogP contribution in [0, 0.1) is 6.92 Å². The van der Waals surface area contributed by atoms with E-state index in [1.807, 2.05) is 25.1 Å². The van der Waals surface area contributed by atoms with E-state index in [9.17, 15) is 8.42 Å². The quantitative estimate of drug-likeness (QED) is 0.619. The molecule has 0 saturated carbocycles. The van der Waals surface area contributed by atoms with Crippen LogP contribution in [0.25, 0.3) is 0 Å². The van der Waals surface area contributed by atoms with Crippen LogP contribution >= 0.6 is 23.1 Å². The zero-order valence-electron chi connectivity index (χ0n) is 11.4. The average molecular weight is 341 g/mol. The van der Waals surface area contributed by atoms with Gasteiger partial charge in [0.1, 0.15) is 0 Å². The number of thioether (sulfide) groups is 1. The number of anilines is 1. The Kier molecular flexibility index (Phi) is 5.38. The molecule has 8 heteroatoms. The van der Waals surface area contributed by atoms with Crippen molar-refractivity contribution in [1.29, 1.82) is 0 Å². The van der Waals surface area contributed by atoms with Crippen LogP contribution in [-0.2, 0) is 15.8 Å². The fourth-order valence-electron chi connectivity index (χ4n) is 1.63. The second-order valence-corrected chi connectivity index (χ2v) is 8.29. The van der Waals surface area contributed by atoms with Crippen LogP contribution in [0.5, 0.6) is 0 Å². The van der Waals surface area contributed by atoms with Gasteiger partial charge in [-0.3, -0.25) is 4.72 Å². The van der Waals surface area contributed by atoms with Crippen molar-refractivity contribution in [1.82, 2.24) is 10.2 Å². The van der Waals surface area contributed by atoms with Gasteiger partial charge in [-0.05, 0) is 12.5 Å².